The molecule has 0 bridgehead atoms. The Bertz CT molecular complexity index is 958. The molecule has 0 fully saturated rings. The second-order valence-electron chi connectivity index (χ2n) is 4.65. The fourth-order valence-corrected chi connectivity index (χ4v) is 7.41. The molecule has 0 spiro atoms. The molecule has 0 N–H and O–H groups in total. The van der Waals surface area contributed by atoms with Gasteiger partial charge in [-0.05, 0) is 31.2 Å². The molecule has 0 aromatic carbocycles. The zero-order chi connectivity index (χ0) is 15.1. The highest BCUT2D eigenvalue weighted by atomic mass is 32.1. The Balaban J connectivity index is 1.76. The molecule has 0 aliphatic heterocycles. The molecule has 106 valence electrons. The minimum absolute atomic E-state index is 0.941. The van der Waals surface area contributed by atoms with E-state index in [0.717, 1.165) is 15.1 Å². The summed E-state index contributed by atoms with van der Waals surface area (Å²) in [6.07, 6.45) is 0. The summed E-state index contributed by atoms with van der Waals surface area (Å²) in [6.45, 7) is 1.89. The Morgan fingerprint density at radius 1 is 0.727 bits per heavy atom. The van der Waals surface area contributed by atoms with Crippen molar-refractivity contribution in [2.24, 2.45) is 0 Å². The summed E-state index contributed by atoms with van der Waals surface area (Å²) in [5, 5.41) is 0. The molecule has 0 aliphatic carbocycles. The van der Waals surface area contributed by atoms with E-state index in [2.05, 4.69) is 47.6 Å². The number of hydrogen-bond donors (Lipinski definition) is 0. The summed E-state index contributed by atoms with van der Waals surface area (Å²) < 4.78 is 5.40. The molecule has 0 unspecified atom stereocenters. The van der Waals surface area contributed by atoms with Crippen LogP contribution in [0.2, 0.25) is 0 Å². The third-order valence-electron chi connectivity index (χ3n) is 3.15. The Morgan fingerprint density at radius 3 is 1.68 bits per heavy atom. The van der Waals surface area contributed by atoms with Gasteiger partial charge in [-0.1, -0.05) is 11.8 Å². The van der Waals surface area contributed by atoms with Crippen LogP contribution in [0.1, 0.15) is 16.7 Å². The van der Waals surface area contributed by atoms with E-state index >= 15 is 0 Å². The van der Waals surface area contributed by atoms with Crippen molar-refractivity contribution in [1.82, 2.24) is 0 Å². The molecule has 0 amide bonds. The lowest BCUT2D eigenvalue weighted by Gasteiger charge is -1.88. The number of thiophene rings is 4. The standard InChI is InChI=1S/C17H10S4Si/c1-2-3-10-6-12-14(18-10)8-16(20-12)17-9-15-13(21-17)7-11(19-15)4-5-22/h6-9H,1,22H3. The van der Waals surface area contributed by atoms with Crippen molar-refractivity contribution in [3.05, 3.63) is 34.0 Å². The van der Waals surface area contributed by atoms with Crippen LogP contribution in [0, 0.1) is 23.3 Å². The van der Waals surface area contributed by atoms with Crippen molar-refractivity contribution < 1.29 is 0 Å². The van der Waals surface area contributed by atoms with Gasteiger partial charge < -0.3 is 0 Å². The van der Waals surface area contributed by atoms with Crippen molar-refractivity contribution in [2.75, 3.05) is 0 Å². The maximum absolute atomic E-state index is 3.21. The normalized spacial score (nSPS) is 10.6. The average Bonchev–Trinajstić information content (AvgIpc) is 3.16. The van der Waals surface area contributed by atoms with Gasteiger partial charge in [-0.2, -0.15) is 0 Å². The summed E-state index contributed by atoms with van der Waals surface area (Å²) in [4.78, 5) is 5.08. The van der Waals surface area contributed by atoms with Crippen molar-refractivity contribution in [3.8, 4) is 33.1 Å². The third kappa shape index (κ3) is 2.46. The van der Waals surface area contributed by atoms with Gasteiger partial charge in [0.1, 0.15) is 0 Å². The lowest BCUT2D eigenvalue weighted by atomic mass is 10.3. The van der Waals surface area contributed by atoms with E-state index in [9.17, 15) is 0 Å². The summed E-state index contributed by atoms with van der Waals surface area (Å²) in [5.74, 6) is 9.32. The van der Waals surface area contributed by atoms with Crippen LogP contribution in [0.4, 0.5) is 0 Å². The van der Waals surface area contributed by atoms with Crippen LogP contribution in [-0.2, 0) is 0 Å². The maximum atomic E-state index is 3.21. The highest BCUT2D eigenvalue weighted by molar-refractivity contribution is 7.34. The van der Waals surface area contributed by atoms with Gasteiger partial charge in [-0.3, -0.25) is 0 Å². The van der Waals surface area contributed by atoms with Crippen LogP contribution < -0.4 is 0 Å². The molecule has 0 aliphatic rings. The van der Waals surface area contributed by atoms with Gasteiger partial charge in [-0.25, -0.2) is 0 Å². The van der Waals surface area contributed by atoms with Crippen LogP contribution in [-0.4, -0.2) is 10.2 Å². The van der Waals surface area contributed by atoms with Crippen LogP contribution in [0.3, 0.4) is 0 Å². The van der Waals surface area contributed by atoms with E-state index in [1.54, 1.807) is 22.7 Å². The second kappa shape index (κ2) is 5.70. The summed E-state index contributed by atoms with van der Waals surface area (Å²) in [6, 6.07) is 9.05. The summed E-state index contributed by atoms with van der Waals surface area (Å²) in [7, 11) is 0.941. The van der Waals surface area contributed by atoms with Gasteiger partial charge in [0.25, 0.3) is 0 Å². The highest BCUT2D eigenvalue weighted by Crippen LogP contribution is 2.43. The van der Waals surface area contributed by atoms with Crippen molar-refractivity contribution in [2.45, 2.75) is 6.92 Å². The minimum Gasteiger partial charge on any atom is -0.138 e. The van der Waals surface area contributed by atoms with Gasteiger partial charge in [0.2, 0.25) is 0 Å². The highest BCUT2D eigenvalue weighted by Gasteiger charge is 2.12. The third-order valence-corrected chi connectivity index (χ3v) is 8.02. The van der Waals surface area contributed by atoms with Crippen LogP contribution in [0.25, 0.3) is 28.6 Å². The molecule has 0 saturated heterocycles. The molecule has 4 rings (SSSR count). The lowest BCUT2D eigenvalue weighted by molar-refractivity contribution is 1.89. The molecule has 0 atom stereocenters. The zero-order valence-corrected chi connectivity index (χ0v) is 17.2. The van der Waals surface area contributed by atoms with Crippen molar-refractivity contribution >= 4 is 74.4 Å². The fraction of sp³-hybridized carbons (Fsp3) is 0.0588. The second-order valence-corrected chi connectivity index (χ2v) is 9.48. The smallest absolute Gasteiger partial charge is 0.0911 e. The van der Waals surface area contributed by atoms with Crippen molar-refractivity contribution in [3.63, 3.8) is 0 Å². The van der Waals surface area contributed by atoms with Gasteiger partial charge in [0.15, 0.2) is 0 Å². The molecule has 0 radical (unpaired) electrons. The number of hydrogen-bond acceptors (Lipinski definition) is 4. The molecule has 0 saturated carbocycles. The zero-order valence-electron chi connectivity index (χ0n) is 11.9. The first kappa shape index (κ1) is 14.3. The van der Waals surface area contributed by atoms with Gasteiger partial charge in [-0.15, -0.1) is 56.8 Å². The molecule has 4 aromatic heterocycles. The van der Waals surface area contributed by atoms with Gasteiger partial charge in [0.05, 0.1) is 20.0 Å². The first-order valence-electron chi connectivity index (χ1n) is 6.69. The molecule has 4 heterocycles. The molecular weight excluding hydrogens is 361 g/mol. The molecule has 0 nitrogen and oxygen atoms in total. The van der Waals surface area contributed by atoms with Crippen LogP contribution >= 0.6 is 45.3 Å². The predicted octanol–water partition coefficient (Wildman–Crippen LogP) is 4.95. The Hall–Kier alpha value is -1.34. The van der Waals surface area contributed by atoms with E-state index in [0.29, 0.717) is 0 Å². The topological polar surface area (TPSA) is 0 Å². The number of rotatable bonds is 1. The van der Waals surface area contributed by atoms with E-state index in [-0.39, 0.29) is 0 Å². The summed E-state index contributed by atoms with van der Waals surface area (Å²) >= 11 is 7.32. The predicted molar refractivity (Wildman–Crippen MR) is 108 cm³/mol. The first-order valence-corrected chi connectivity index (χ1v) is 11.0. The first-order chi connectivity index (χ1) is 10.8. The van der Waals surface area contributed by atoms with Crippen LogP contribution in [0.15, 0.2) is 24.3 Å². The van der Waals surface area contributed by atoms with E-state index in [1.807, 2.05) is 29.6 Å². The van der Waals surface area contributed by atoms with Crippen LogP contribution in [0.5, 0.6) is 0 Å². The molecule has 4 aromatic rings. The van der Waals surface area contributed by atoms with E-state index in [4.69, 9.17) is 0 Å². The van der Waals surface area contributed by atoms with E-state index in [1.165, 1.54) is 33.4 Å². The monoisotopic (exact) mass is 370 g/mol. The Labute approximate surface area is 147 Å². The SMILES string of the molecule is CC#Cc1cc2sc(-c3cc4sc(C#C[SiH3])cc4s3)cc2s1. The fourth-order valence-electron chi connectivity index (χ4n) is 2.28. The van der Waals surface area contributed by atoms with Gasteiger partial charge in [0, 0.05) is 28.6 Å². The molecule has 22 heavy (non-hydrogen) atoms. The average molecular weight is 371 g/mol. The Morgan fingerprint density at radius 2 is 1.23 bits per heavy atom. The molecule has 5 heteroatoms. The minimum atomic E-state index is 0.941. The Kier molecular flexibility index (Phi) is 3.69. The lowest BCUT2D eigenvalue weighted by Crippen LogP contribution is -1.61. The maximum Gasteiger partial charge on any atom is 0.0911 e. The van der Waals surface area contributed by atoms with Gasteiger partial charge >= 0.3 is 0 Å². The van der Waals surface area contributed by atoms with E-state index < -0.39 is 0 Å². The quantitative estimate of drug-likeness (QED) is 0.328. The molecular formula is C17H10S4Si. The largest absolute Gasteiger partial charge is 0.138 e. The van der Waals surface area contributed by atoms with Crippen molar-refractivity contribution in [1.29, 1.82) is 0 Å². The number of fused-ring (bicyclic) bond motifs is 2. The summed E-state index contributed by atoms with van der Waals surface area (Å²) in [5.41, 5.74) is 3.11.